The zero-order valence-corrected chi connectivity index (χ0v) is 14.7. The lowest BCUT2D eigenvalue weighted by Gasteiger charge is -2.13. The first kappa shape index (κ1) is 17.3. The maximum atomic E-state index is 12.3. The quantitative estimate of drug-likeness (QED) is 0.826. The van der Waals surface area contributed by atoms with Crippen LogP contribution >= 0.6 is 11.3 Å². The molecule has 0 spiro atoms. The molecule has 1 N–H and O–H groups in total. The topological polar surface area (TPSA) is 60.3 Å². The number of aromatic nitrogens is 1. The second-order valence-corrected chi connectivity index (χ2v) is 6.42. The average Bonchev–Trinajstić information content (AvgIpc) is 3.11. The Morgan fingerprint density at radius 3 is 2.74 bits per heavy atom. The minimum Gasteiger partial charge on any atom is -0.449 e. The Kier molecular flexibility index (Phi) is 5.60. The molecule has 0 aromatic carbocycles. The minimum absolute atomic E-state index is 0.284. The van der Waals surface area contributed by atoms with Gasteiger partial charge in [0, 0.05) is 22.8 Å². The number of aryl methyl sites for hydroxylation is 1. The Hall–Kier alpha value is -2.08. The van der Waals surface area contributed by atoms with Crippen molar-refractivity contribution in [3.8, 4) is 0 Å². The van der Waals surface area contributed by atoms with Gasteiger partial charge < -0.3 is 14.6 Å². The van der Waals surface area contributed by atoms with Crippen molar-refractivity contribution in [2.75, 3.05) is 6.54 Å². The van der Waals surface area contributed by atoms with Gasteiger partial charge in [-0.05, 0) is 45.2 Å². The van der Waals surface area contributed by atoms with Crippen LogP contribution in [0, 0.1) is 13.8 Å². The van der Waals surface area contributed by atoms with Crippen molar-refractivity contribution < 1.29 is 14.3 Å². The zero-order chi connectivity index (χ0) is 17.0. The van der Waals surface area contributed by atoms with E-state index in [0.717, 1.165) is 17.9 Å². The predicted molar refractivity (Wildman–Crippen MR) is 90.9 cm³/mol. The summed E-state index contributed by atoms with van der Waals surface area (Å²) in [4.78, 5) is 25.3. The first-order valence-electron chi connectivity index (χ1n) is 7.61. The Balaban J connectivity index is 2.14. The summed E-state index contributed by atoms with van der Waals surface area (Å²) in [5.41, 5.74) is 2.35. The SMILES string of the molecule is CCNC(=O)[C@@H](C)OC(=O)c1cc(C)n(Cc2cccs2)c1C. The van der Waals surface area contributed by atoms with E-state index in [9.17, 15) is 9.59 Å². The number of thiophene rings is 1. The standard InChI is InChI=1S/C17H22N2O3S/c1-5-18-16(20)13(4)22-17(21)15-9-11(2)19(12(15)3)10-14-7-6-8-23-14/h6-9,13H,5,10H2,1-4H3,(H,18,20)/t13-/m1/s1. The smallest absolute Gasteiger partial charge is 0.340 e. The van der Waals surface area contributed by atoms with Crippen LogP contribution in [0.1, 0.15) is 40.5 Å². The molecule has 0 aliphatic rings. The first-order chi connectivity index (χ1) is 10.9. The van der Waals surface area contributed by atoms with Crippen LogP contribution in [0.15, 0.2) is 23.6 Å². The van der Waals surface area contributed by atoms with E-state index < -0.39 is 12.1 Å². The van der Waals surface area contributed by atoms with Gasteiger partial charge in [-0.3, -0.25) is 4.79 Å². The third-order valence-corrected chi connectivity index (χ3v) is 4.55. The largest absolute Gasteiger partial charge is 0.449 e. The van der Waals surface area contributed by atoms with Crippen molar-refractivity contribution in [3.63, 3.8) is 0 Å². The fraction of sp³-hybridized carbons (Fsp3) is 0.412. The van der Waals surface area contributed by atoms with Gasteiger partial charge in [0.05, 0.1) is 12.1 Å². The summed E-state index contributed by atoms with van der Waals surface area (Å²) in [6, 6.07) is 5.89. The lowest BCUT2D eigenvalue weighted by atomic mass is 10.2. The van der Waals surface area contributed by atoms with Crippen LogP contribution in [-0.2, 0) is 16.1 Å². The van der Waals surface area contributed by atoms with E-state index in [-0.39, 0.29) is 5.91 Å². The van der Waals surface area contributed by atoms with E-state index in [1.165, 1.54) is 4.88 Å². The highest BCUT2D eigenvalue weighted by Gasteiger charge is 2.22. The van der Waals surface area contributed by atoms with E-state index >= 15 is 0 Å². The van der Waals surface area contributed by atoms with Gasteiger partial charge in [-0.1, -0.05) is 6.07 Å². The average molecular weight is 334 g/mol. The molecule has 2 heterocycles. The molecule has 5 nitrogen and oxygen atoms in total. The van der Waals surface area contributed by atoms with Crippen LogP contribution in [-0.4, -0.2) is 29.1 Å². The van der Waals surface area contributed by atoms with Gasteiger partial charge in [0.2, 0.25) is 0 Å². The van der Waals surface area contributed by atoms with Crippen molar-refractivity contribution >= 4 is 23.2 Å². The molecular weight excluding hydrogens is 312 g/mol. The van der Waals surface area contributed by atoms with Gasteiger partial charge in [0.25, 0.3) is 5.91 Å². The molecule has 2 aromatic heterocycles. The number of rotatable bonds is 6. The molecule has 23 heavy (non-hydrogen) atoms. The molecule has 0 aliphatic carbocycles. The summed E-state index contributed by atoms with van der Waals surface area (Å²) in [7, 11) is 0. The molecule has 0 saturated heterocycles. The van der Waals surface area contributed by atoms with E-state index in [4.69, 9.17) is 4.74 Å². The number of esters is 1. The second-order valence-electron chi connectivity index (χ2n) is 5.39. The van der Waals surface area contributed by atoms with Crippen molar-refractivity contribution in [2.24, 2.45) is 0 Å². The molecule has 124 valence electrons. The van der Waals surface area contributed by atoms with Gasteiger partial charge in [-0.25, -0.2) is 4.79 Å². The summed E-state index contributed by atoms with van der Waals surface area (Å²) in [6.45, 7) is 8.50. The third-order valence-electron chi connectivity index (χ3n) is 3.69. The molecule has 0 radical (unpaired) electrons. The maximum Gasteiger partial charge on any atom is 0.340 e. The number of likely N-dealkylation sites (N-methyl/N-ethyl adjacent to an activating group) is 1. The number of nitrogens with one attached hydrogen (secondary N) is 1. The fourth-order valence-electron chi connectivity index (χ4n) is 2.40. The van der Waals surface area contributed by atoms with Gasteiger partial charge in [0.1, 0.15) is 0 Å². The molecule has 0 saturated carbocycles. The summed E-state index contributed by atoms with van der Waals surface area (Å²) in [5, 5.41) is 4.68. The monoisotopic (exact) mass is 334 g/mol. The molecule has 6 heteroatoms. The van der Waals surface area contributed by atoms with Crippen LogP contribution in [0.5, 0.6) is 0 Å². The lowest BCUT2D eigenvalue weighted by Crippen LogP contribution is -2.35. The molecule has 0 bridgehead atoms. The van der Waals surface area contributed by atoms with Gasteiger partial charge >= 0.3 is 5.97 Å². The Labute approximate surface area is 140 Å². The first-order valence-corrected chi connectivity index (χ1v) is 8.49. The van der Waals surface area contributed by atoms with E-state index in [0.29, 0.717) is 12.1 Å². The normalized spacial score (nSPS) is 12.0. The maximum absolute atomic E-state index is 12.3. The minimum atomic E-state index is -0.803. The number of amides is 1. The lowest BCUT2D eigenvalue weighted by molar-refractivity contribution is -0.128. The highest BCUT2D eigenvalue weighted by Crippen LogP contribution is 2.20. The van der Waals surface area contributed by atoms with Crippen molar-refractivity contribution in [2.45, 2.75) is 40.3 Å². The number of hydrogen-bond donors (Lipinski definition) is 1. The molecule has 0 unspecified atom stereocenters. The van der Waals surface area contributed by atoms with Crippen molar-refractivity contribution in [1.82, 2.24) is 9.88 Å². The summed E-state index contributed by atoms with van der Waals surface area (Å²) >= 11 is 1.68. The Morgan fingerprint density at radius 2 is 2.13 bits per heavy atom. The van der Waals surface area contributed by atoms with Crippen LogP contribution in [0.25, 0.3) is 0 Å². The number of carbonyl (C=O) groups is 2. The van der Waals surface area contributed by atoms with Crippen LogP contribution in [0.2, 0.25) is 0 Å². The third kappa shape index (κ3) is 4.01. The van der Waals surface area contributed by atoms with Gasteiger partial charge in [0.15, 0.2) is 6.10 Å². The molecule has 2 aromatic rings. The van der Waals surface area contributed by atoms with E-state index in [1.54, 1.807) is 18.3 Å². The highest BCUT2D eigenvalue weighted by atomic mass is 32.1. The molecule has 0 fully saturated rings. The van der Waals surface area contributed by atoms with E-state index in [2.05, 4.69) is 16.0 Å². The van der Waals surface area contributed by atoms with Crippen molar-refractivity contribution in [1.29, 1.82) is 0 Å². The molecular formula is C17H22N2O3S. The van der Waals surface area contributed by atoms with Gasteiger partial charge in [-0.15, -0.1) is 11.3 Å². The van der Waals surface area contributed by atoms with Crippen LogP contribution in [0.4, 0.5) is 0 Å². The Morgan fingerprint density at radius 1 is 1.39 bits per heavy atom. The highest BCUT2D eigenvalue weighted by molar-refractivity contribution is 7.09. The number of ether oxygens (including phenoxy) is 1. The van der Waals surface area contributed by atoms with E-state index in [1.807, 2.05) is 38.3 Å². The van der Waals surface area contributed by atoms with Crippen molar-refractivity contribution in [3.05, 3.63) is 45.4 Å². The fourth-order valence-corrected chi connectivity index (χ4v) is 3.10. The second kappa shape index (κ2) is 7.46. The number of carbonyl (C=O) groups excluding carboxylic acids is 2. The molecule has 1 amide bonds. The predicted octanol–water partition coefficient (Wildman–Crippen LogP) is 2.90. The number of hydrogen-bond acceptors (Lipinski definition) is 4. The van der Waals surface area contributed by atoms with Crippen LogP contribution < -0.4 is 5.32 Å². The molecule has 0 aliphatic heterocycles. The van der Waals surface area contributed by atoms with Gasteiger partial charge in [-0.2, -0.15) is 0 Å². The number of nitrogens with zero attached hydrogens (tertiary/aromatic N) is 1. The molecule has 1 atom stereocenters. The zero-order valence-electron chi connectivity index (χ0n) is 13.9. The molecule has 2 rings (SSSR count). The summed E-state index contributed by atoms with van der Waals surface area (Å²) in [6.07, 6.45) is -0.803. The van der Waals surface area contributed by atoms with Crippen LogP contribution in [0.3, 0.4) is 0 Å². The summed E-state index contributed by atoms with van der Waals surface area (Å²) < 4.78 is 7.36. The summed E-state index contributed by atoms with van der Waals surface area (Å²) in [5.74, 6) is -0.748. The Bertz CT molecular complexity index is 689.